The van der Waals surface area contributed by atoms with E-state index in [1.807, 2.05) is 0 Å². The van der Waals surface area contributed by atoms with E-state index in [1.54, 1.807) is 13.1 Å². The summed E-state index contributed by atoms with van der Waals surface area (Å²) in [5, 5.41) is 10.5. The van der Waals surface area contributed by atoms with Crippen molar-refractivity contribution in [3.05, 3.63) is 36.7 Å². The lowest BCUT2D eigenvalue weighted by Gasteiger charge is -2.22. The minimum Gasteiger partial charge on any atom is -0.545 e. The van der Waals surface area contributed by atoms with E-state index in [2.05, 4.69) is 13.2 Å². The van der Waals surface area contributed by atoms with Crippen molar-refractivity contribution in [2.24, 2.45) is 0 Å². The highest BCUT2D eigenvalue weighted by atomic mass is 16.5. The van der Waals surface area contributed by atoms with Crippen LogP contribution in [0.2, 0.25) is 0 Å². The maximum Gasteiger partial charge on any atom is 0.339 e. The first kappa shape index (κ1) is 17.8. The molecule has 0 aliphatic carbocycles. The van der Waals surface area contributed by atoms with Crippen molar-refractivity contribution in [1.29, 1.82) is 0 Å². The van der Waals surface area contributed by atoms with Gasteiger partial charge < -0.3 is 14.6 Å². The summed E-state index contributed by atoms with van der Waals surface area (Å²) in [5.41, 5.74) is 0.302. The first-order valence-corrected chi connectivity index (χ1v) is 7.12. The van der Waals surface area contributed by atoms with E-state index in [0.717, 1.165) is 6.42 Å². The van der Waals surface area contributed by atoms with Gasteiger partial charge in [0.05, 0.1) is 31.1 Å². The van der Waals surface area contributed by atoms with Gasteiger partial charge in [-0.3, -0.25) is 0 Å². The molecule has 0 aromatic rings. The Bertz CT molecular complexity index is 535. The Kier molecular flexibility index (Phi) is 6.24. The smallest absolute Gasteiger partial charge is 0.339 e. The lowest BCUT2D eigenvalue weighted by atomic mass is 10.2. The summed E-state index contributed by atoms with van der Waals surface area (Å²) >= 11 is 0. The Morgan fingerprint density at radius 1 is 1.45 bits per heavy atom. The van der Waals surface area contributed by atoms with Gasteiger partial charge in [0.1, 0.15) is 12.4 Å². The van der Waals surface area contributed by atoms with Crippen LogP contribution < -0.4 is 5.11 Å². The highest BCUT2D eigenvalue weighted by Crippen LogP contribution is 2.24. The van der Waals surface area contributed by atoms with Crippen LogP contribution in [-0.2, 0) is 19.1 Å². The number of carbonyl (C=O) groups excluding carboxylic acids is 3. The number of amides is 1. The second-order valence-corrected chi connectivity index (χ2v) is 5.28. The molecule has 0 radical (unpaired) electrons. The predicted molar refractivity (Wildman–Crippen MR) is 77.7 cm³/mol. The summed E-state index contributed by atoms with van der Waals surface area (Å²) < 4.78 is 5.01. The zero-order valence-corrected chi connectivity index (χ0v) is 12.8. The third-order valence-electron chi connectivity index (χ3n) is 3.60. The minimum absolute atomic E-state index is 0.00686. The van der Waals surface area contributed by atoms with Crippen molar-refractivity contribution in [3.63, 3.8) is 0 Å². The van der Waals surface area contributed by atoms with Crippen molar-refractivity contribution < 1.29 is 28.7 Å². The molecule has 0 saturated carbocycles. The molecular formula is C16H21NO5. The fourth-order valence-electron chi connectivity index (χ4n) is 2.27. The monoisotopic (exact) mass is 307 g/mol. The molecular weight excluding hydrogens is 286 g/mol. The molecule has 1 amide bonds. The molecule has 1 rings (SSSR count). The second-order valence-electron chi connectivity index (χ2n) is 5.28. The fraction of sp³-hybridized carbons (Fsp3) is 0.438. The average Bonchev–Trinajstić information content (AvgIpc) is 2.84. The molecule has 0 N–H and O–H groups in total. The number of carboxylic acids is 1. The van der Waals surface area contributed by atoms with E-state index in [4.69, 9.17) is 4.74 Å². The van der Waals surface area contributed by atoms with Crippen LogP contribution in [0.5, 0.6) is 0 Å². The molecule has 1 heterocycles. The van der Waals surface area contributed by atoms with E-state index >= 15 is 0 Å². The normalized spacial score (nSPS) is 21.5. The zero-order chi connectivity index (χ0) is 16.8. The first-order valence-electron chi connectivity index (χ1n) is 7.12. The van der Waals surface area contributed by atoms with Crippen LogP contribution in [-0.4, -0.2) is 35.5 Å². The third kappa shape index (κ3) is 4.39. The lowest BCUT2D eigenvalue weighted by molar-refractivity contribution is -0.739. The van der Waals surface area contributed by atoms with Gasteiger partial charge in [-0.15, -0.1) is 0 Å². The summed E-state index contributed by atoms with van der Waals surface area (Å²) in [7, 11) is 0. The molecule has 6 heteroatoms. The van der Waals surface area contributed by atoms with Crippen molar-refractivity contribution >= 4 is 17.8 Å². The molecule has 120 valence electrons. The van der Waals surface area contributed by atoms with Crippen LogP contribution in [0.25, 0.3) is 0 Å². The average molecular weight is 307 g/mol. The van der Waals surface area contributed by atoms with E-state index in [0.29, 0.717) is 25.0 Å². The van der Waals surface area contributed by atoms with Gasteiger partial charge in [-0.2, -0.15) is 0 Å². The Balaban J connectivity index is 2.53. The van der Waals surface area contributed by atoms with E-state index in [9.17, 15) is 19.5 Å². The number of likely N-dealkylation sites (tertiary alicyclic amines) is 1. The number of carboxylic acid groups (broad SMARTS) is 1. The Morgan fingerprint density at radius 2 is 2.14 bits per heavy atom. The molecule has 1 saturated heterocycles. The van der Waals surface area contributed by atoms with E-state index in [-0.39, 0.29) is 29.0 Å². The molecule has 1 unspecified atom stereocenters. The standard InChI is InChI=1S/C16H21NO5/c1-4-17(9-5-8-14(17)18)11-13(3)16(21)22-10-6-7-12(2)15(19)20/h4,11H,1-2,5-10H2,3H3. The highest BCUT2D eigenvalue weighted by molar-refractivity contribution is 5.88. The van der Waals surface area contributed by atoms with Crippen LogP contribution in [0.15, 0.2) is 36.7 Å². The van der Waals surface area contributed by atoms with Gasteiger partial charge in [-0.05, 0) is 31.9 Å². The van der Waals surface area contributed by atoms with Gasteiger partial charge in [-0.1, -0.05) is 6.58 Å². The maximum atomic E-state index is 11.9. The quantitative estimate of drug-likeness (QED) is 0.287. The SMILES string of the molecule is C=C[N+]1(C=C(C)C(=O)OCCCC(=C)C(=O)[O-])CCCC1=O. The molecule has 0 bridgehead atoms. The number of nitrogens with zero attached hydrogens (tertiary/aromatic N) is 1. The lowest BCUT2D eigenvalue weighted by Crippen LogP contribution is -2.38. The molecule has 22 heavy (non-hydrogen) atoms. The number of hydrogen-bond acceptors (Lipinski definition) is 5. The highest BCUT2D eigenvalue weighted by Gasteiger charge is 2.38. The second kappa shape index (κ2) is 7.70. The van der Waals surface area contributed by atoms with Crippen molar-refractivity contribution in [2.75, 3.05) is 13.2 Å². The topological polar surface area (TPSA) is 83.5 Å². The number of rotatable bonds is 8. The van der Waals surface area contributed by atoms with Gasteiger partial charge in [0.15, 0.2) is 0 Å². The van der Waals surface area contributed by atoms with Crippen molar-refractivity contribution in [3.8, 4) is 0 Å². The van der Waals surface area contributed by atoms with Crippen molar-refractivity contribution in [1.82, 2.24) is 0 Å². The van der Waals surface area contributed by atoms with Crippen LogP contribution in [0, 0.1) is 0 Å². The molecule has 0 aromatic carbocycles. The van der Waals surface area contributed by atoms with Crippen LogP contribution >= 0.6 is 0 Å². The van der Waals surface area contributed by atoms with Gasteiger partial charge >= 0.3 is 11.9 Å². The minimum atomic E-state index is -1.30. The molecule has 1 atom stereocenters. The largest absolute Gasteiger partial charge is 0.545 e. The molecule has 1 fully saturated rings. The van der Waals surface area contributed by atoms with Gasteiger partial charge in [0.2, 0.25) is 0 Å². The fourth-order valence-corrected chi connectivity index (χ4v) is 2.27. The summed E-state index contributed by atoms with van der Waals surface area (Å²) in [5.74, 6) is -1.82. The Morgan fingerprint density at radius 3 is 2.64 bits per heavy atom. The summed E-state index contributed by atoms with van der Waals surface area (Å²) in [4.78, 5) is 34.3. The molecule has 1 aliphatic rings. The third-order valence-corrected chi connectivity index (χ3v) is 3.60. The molecule has 1 aliphatic heterocycles. The predicted octanol–water partition coefficient (Wildman–Crippen LogP) is 0.800. The molecule has 0 aromatic heterocycles. The zero-order valence-electron chi connectivity index (χ0n) is 12.8. The first-order chi connectivity index (χ1) is 10.3. The number of quaternary nitrogens is 1. The number of esters is 1. The molecule has 6 nitrogen and oxygen atoms in total. The number of ether oxygens (including phenoxy) is 1. The van der Waals surface area contributed by atoms with Crippen LogP contribution in [0.3, 0.4) is 0 Å². The number of aliphatic carboxylic acids is 1. The van der Waals surface area contributed by atoms with Gasteiger partial charge in [0, 0.05) is 6.42 Å². The van der Waals surface area contributed by atoms with Gasteiger partial charge in [0.25, 0.3) is 0 Å². The maximum absolute atomic E-state index is 11.9. The van der Waals surface area contributed by atoms with Crippen molar-refractivity contribution in [2.45, 2.75) is 32.6 Å². The Labute approximate surface area is 130 Å². The van der Waals surface area contributed by atoms with E-state index in [1.165, 1.54) is 6.20 Å². The van der Waals surface area contributed by atoms with Crippen LogP contribution in [0.1, 0.15) is 32.6 Å². The Hall–Kier alpha value is -2.21. The number of carbonyl (C=O) groups is 3. The van der Waals surface area contributed by atoms with Crippen LogP contribution in [0.4, 0.5) is 0 Å². The van der Waals surface area contributed by atoms with E-state index < -0.39 is 11.9 Å². The summed E-state index contributed by atoms with van der Waals surface area (Å²) in [6.07, 6.45) is 4.86. The molecule has 0 spiro atoms. The van der Waals surface area contributed by atoms with Gasteiger partial charge in [-0.25, -0.2) is 14.1 Å². The summed E-state index contributed by atoms with van der Waals surface area (Å²) in [6.45, 7) is 9.27. The number of hydrogen-bond donors (Lipinski definition) is 0. The summed E-state index contributed by atoms with van der Waals surface area (Å²) in [6, 6.07) is 0.